The molecule has 0 bridgehead atoms. The van der Waals surface area contributed by atoms with E-state index in [1.165, 1.54) is 6.42 Å². The molecular formula is C12H26O. The lowest BCUT2D eigenvalue weighted by atomic mass is 9.72. The average molecular weight is 186 g/mol. The predicted molar refractivity (Wildman–Crippen MR) is 58.7 cm³/mol. The van der Waals surface area contributed by atoms with Crippen LogP contribution in [0, 0.1) is 16.7 Å². The van der Waals surface area contributed by atoms with Gasteiger partial charge in [0.1, 0.15) is 0 Å². The first kappa shape index (κ1) is 13.0. The van der Waals surface area contributed by atoms with Crippen LogP contribution in [0.2, 0.25) is 0 Å². The minimum Gasteiger partial charge on any atom is -0.396 e. The number of aliphatic hydroxyl groups excluding tert-OH is 1. The van der Waals surface area contributed by atoms with Gasteiger partial charge in [-0.05, 0) is 29.6 Å². The van der Waals surface area contributed by atoms with E-state index in [0.717, 1.165) is 12.3 Å². The van der Waals surface area contributed by atoms with Crippen molar-refractivity contribution in [2.75, 3.05) is 6.61 Å². The zero-order valence-corrected chi connectivity index (χ0v) is 10.1. The second kappa shape index (κ2) is 4.45. The first-order valence-corrected chi connectivity index (χ1v) is 5.29. The molecule has 13 heavy (non-hydrogen) atoms. The Morgan fingerprint density at radius 3 is 1.77 bits per heavy atom. The minimum absolute atomic E-state index is 0.0678. The average Bonchev–Trinajstić information content (AvgIpc) is 1.81. The molecule has 0 saturated carbocycles. The lowest BCUT2D eigenvalue weighted by Crippen LogP contribution is -2.27. The summed E-state index contributed by atoms with van der Waals surface area (Å²) in [7, 11) is 0. The number of hydrogen-bond donors (Lipinski definition) is 1. The summed E-state index contributed by atoms with van der Waals surface area (Å²) in [4.78, 5) is 0. The first-order valence-electron chi connectivity index (χ1n) is 5.29. The van der Waals surface area contributed by atoms with Crippen LogP contribution in [-0.2, 0) is 0 Å². The van der Waals surface area contributed by atoms with Gasteiger partial charge in [0.15, 0.2) is 0 Å². The van der Waals surface area contributed by atoms with Crippen LogP contribution in [0.5, 0.6) is 0 Å². The topological polar surface area (TPSA) is 20.2 Å². The third-order valence-corrected chi connectivity index (χ3v) is 2.35. The third kappa shape index (κ3) is 6.09. The molecule has 1 heteroatoms. The maximum atomic E-state index is 9.19. The van der Waals surface area contributed by atoms with Crippen LogP contribution in [0.3, 0.4) is 0 Å². The zero-order valence-electron chi connectivity index (χ0n) is 10.1. The van der Waals surface area contributed by atoms with Crippen molar-refractivity contribution in [3.05, 3.63) is 0 Å². The Balaban J connectivity index is 4.16. The molecule has 0 aromatic heterocycles. The molecule has 0 rings (SSSR count). The van der Waals surface area contributed by atoms with Crippen LogP contribution >= 0.6 is 0 Å². The maximum Gasteiger partial charge on any atom is 0.0482 e. The highest BCUT2D eigenvalue weighted by atomic mass is 16.3. The highest BCUT2D eigenvalue weighted by Gasteiger charge is 2.28. The fraction of sp³-hybridized carbons (Fsp3) is 1.00. The lowest BCUT2D eigenvalue weighted by Gasteiger charge is -2.35. The molecule has 0 radical (unpaired) electrons. The van der Waals surface area contributed by atoms with E-state index in [2.05, 4.69) is 41.5 Å². The summed E-state index contributed by atoms with van der Waals surface area (Å²) in [5, 5.41) is 9.19. The van der Waals surface area contributed by atoms with Gasteiger partial charge in [0, 0.05) is 6.61 Å². The normalized spacial score (nSPS) is 13.8. The molecule has 0 spiro atoms. The Hall–Kier alpha value is -0.0400. The van der Waals surface area contributed by atoms with Crippen molar-refractivity contribution in [2.45, 2.75) is 54.4 Å². The molecule has 0 aliphatic carbocycles. The predicted octanol–water partition coefficient (Wildman–Crippen LogP) is 3.47. The molecular weight excluding hydrogens is 160 g/mol. The standard InChI is InChI=1S/C12H26O/c1-10(2)7-11(3,4)8-12(5,6)9-13/h10,13H,7-9H2,1-6H3. The van der Waals surface area contributed by atoms with Crippen LogP contribution in [-0.4, -0.2) is 11.7 Å². The summed E-state index contributed by atoms with van der Waals surface area (Å²) in [6.45, 7) is 13.7. The quantitative estimate of drug-likeness (QED) is 0.697. The van der Waals surface area contributed by atoms with Crippen molar-refractivity contribution < 1.29 is 5.11 Å². The highest BCUT2D eigenvalue weighted by Crippen LogP contribution is 2.37. The van der Waals surface area contributed by atoms with E-state index < -0.39 is 0 Å². The molecule has 0 fully saturated rings. The lowest BCUT2D eigenvalue weighted by molar-refractivity contribution is 0.0924. The minimum atomic E-state index is 0.0678. The Morgan fingerprint density at radius 2 is 1.46 bits per heavy atom. The molecule has 1 N–H and O–H groups in total. The van der Waals surface area contributed by atoms with Crippen molar-refractivity contribution >= 4 is 0 Å². The molecule has 0 unspecified atom stereocenters. The van der Waals surface area contributed by atoms with Crippen LogP contribution in [0.25, 0.3) is 0 Å². The molecule has 0 heterocycles. The molecule has 0 aliphatic heterocycles. The summed E-state index contributed by atoms with van der Waals surface area (Å²) >= 11 is 0. The van der Waals surface area contributed by atoms with Gasteiger partial charge in [-0.1, -0.05) is 41.5 Å². The van der Waals surface area contributed by atoms with E-state index in [1.54, 1.807) is 0 Å². The van der Waals surface area contributed by atoms with Crippen LogP contribution in [0.1, 0.15) is 54.4 Å². The summed E-state index contributed by atoms with van der Waals surface area (Å²) in [6.07, 6.45) is 2.32. The van der Waals surface area contributed by atoms with Crippen LogP contribution in [0.15, 0.2) is 0 Å². The summed E-state index contributed by atoms with van der Waals surface area (Å²) in [6, 6.07) is 0. The third-order valence-electron chi connectivity index (χ3n) is 2.35. The number of aliphatic hydroxyl groups is 1. The van der Waals surface area contributed by atoms with E-state index in [0.29, 0.717) is 5.41 Å². The summed E-state index contributed by atoms with van der Waals surface area (Å²) < 4.78 is 0. The van der Waals surface area contributed by atoms with Crippen molar-refractivity contribution in [3.63, 3.8) is 0 Å². The van der Waals surface area contributed by atoms with Gasteiger partial charge in [-0.2, -0.15) is 0 Å². The molecule has 0 atom stereocenters. The van der Waals surface area contributed by atoms with Crippen LogP contribution in [0.4, 0.5) is 0 Å². The van der Waals surface area contributed by atoms with Gasteiger partial charge < -0.3 is 5.11 Å². The molecule has 1 nitrogen and oxygen atoms in total. The smallest absolute Gasteiger partial charge is 0.0482 e. The maximum absolute atomic E-state index is 9.19. The van der Waals surface area contributed by atoms with Gasteiger partial charge in [-0.3, -0.25) is 0 Å². The Labute approximate surface area is 83.5 Å². The SMILES string of the molecule is CC(C)CC(C)(C)CC(C)(C)CO. The van der Waals surface area contributed by atoms with E-state index in [4.69, 9.17) is 0 Å². The Morgan fingerprint density at radius 1 is 1.00 bits per heavy atom. The van der Waals surface area contributed by atoms with Crippen molar-refractivity contribution in [2.24, 2.45) is 16.7 Å². The fourth-order valence-electron chi connectivity index (χ4n) is 2.53. The van der Waals surface area contributed by atoms with Gasteiger partial charge in [-0.25, -0.2) is 0 Å². The molecule has 80 valence electrons. The first-order chi connectivity index (χ1) is 5.68. The number of hydrogen-bond acceptors (Lipinski definition) is 1. The summed E-state index contributed by atoms with van der Waals surface area (Å²) in [5.41, 5.74) is 0.415. The van der Waals surface area contributed by atoms with Gasteiger partial charge in [-0.15, -0.1) is 0 Å². The van der Waals surface area contributed by atoms with Gasteiger partial charge in [0.25, 0.3) is 0 Å². The second-order valence-corrected chi connectivity index (χ2v) is 6.26. The van der Waals surface area contributed by atoms with E-state index in [9.17, 15) is 5.11 Å². The molecule has 0 aliphatic rings. The van der Waals surface area contributed by atoms with Gasteiger partial charge >= 0.3 is 0 Å². The monoisotopic (exact) mass is 186 g/mol. The van der Waals surface area contributed by atoms with Gasteiger partial charge in [0.05, 0.1) is 0 Å². The van der Waals surface area contributed by atoms with E-state index >= 15 is 0 Å². The van der Waals surface area contributed by atoms with E-state index in [1.807, 2.05) is 0 Å². The molecule has 0 saturated heterocycles. The van der Waals surface area contributed by atoms with E-state index in [-0.39, 0.29) is 12.0 Å². The Bertz CT molecular complexity index is 145. The molecule has 0 aromatic rings. The fourth-order valence-corrected chi connectivity index (χ4v) is 2.53. The molecule has 0 amide bonds. The highest BCUT2D eigenvalue weighted by molar-refractivity contribution is 4.79. The second-order valence-electron chi connectivity index (χ2n) is 6.26. The zero-order chi connectivity index (χ0) is 10.7. The van der Waals surface area contributed by atoms with Crippen LogP contribution < -0.4 is 0 Å². The molecule has 0 aromatic carbocycles. The largest absolute Gasteiger partial charge is 0.396 e. The van der Waals surface area contributed by atoms with Crippen molar-refractivity contribution in [3.8, 4) is 0 Å². The van der Waals surface area contributed by atoms with Gasteiger partial charge in [0.2, 0.25) is 0 Å². The number of rotatable bonds is 5. The van der Waals surface area contributed by atoms with Crippen molar-refractivity contribution in [1.29, 1.82) is 0 Å². The van der Waals surface area contributed by atoms with Crippen molar-refractivity contribution in [1.82, 2.24) is 0 Å². The Kier molecular flexibility index (Phi) is 4.44. The summed E-state index contributed by atoms with van der Waals surface area (Å²) in [5.74, 6) is 0.740.